The average Bonchev–Trinajstić information content (AvgIpc) is 3.48. The van der Waals surface area contributed by atoms with Crippen molar-refractivity contribution in [1.82, 2.24) is 14.8 Å². The molecule has 0 fully saturated rings. The summed E-state index contributed by atoms with van der Waals surface area (Å²) >= 11 is 3.15. The molecular weight excluding hydrogens is 436 g/mol. The molecule has 0 aliphatic rings. The lowest BCUT2D eigenvalue weighted by molar-refractivity contribution is -0.113. The summed E-state index contributed by atoms with van der Waals surface area (Å²) in [6, 6.07) is 22.6. The van der Waals surface area contributed by atoms with Crippen LogP contribution in [0.1, 0.15) is 28.8 Å². The first kappa shape index (κ1) is 22.3. The van der Waals surface area contributed by atoms with Crippen molar-refractivity contribution in [3.63, 3.8) is 0 Å². The third kappa shape index (κ3) is 6.08. The average molecular weight is 463 g/mol. The fourth-order valence-corrected chi connectivity index (χ4v) is 4.87. The van der Waals surface area contributed by atoms with Crippen molar-refractivity contribution in [2.24, 2.45) is 0 Å². The van der Waals surface area contributed by atoms with Crippen LogP contribution in [0.5, 0.6) is 0 Å². The number of nitrogens with one attached hydrogen (secondary N) is 1. The molecule has 1 N–H and O–H groups in total. The molecule has 0 atom stereocenters. The van der Waals surface area contributed by atoms with E-state index in [1.807, 2.05) is 30.3 Å². The molecule has 2 aromatic heterocycles. The molecule has 4 rings (SSSR count). The number of anilines is 1. The van der Waals surface area contributed by atoms with Crippen molar-refractivity contribution in [1.29, 1.82) is 0 Å². The summed E-state index contributed by atoms with van der Waals surface area (Å²) in [5.41, 5.74) is 3.34. The Hall–Kier alpha value is -2.90. The quantitative estimate of drug-likeness (QED) is 0.318. The zero-order valence-corrected chi connectivity index (χ0v) is 19.7. The molecule has 0 unspecified atom stereocenters. The third-order valence-corrected chi connectivity index (χ3v) is 6.99. The van der Waals surface area contributed by atoms with Crippen LogP contribution >= 0.6 is 23.1 Å². The minimum Gasteiger partial charge on any atom is -0.325 e. The van der Waals surface area contributed by atoms with Crippen LogP contribution in [0.4, 0.5) is 5.69 Å². The predicted molar refractivity (Wildman–Crippen MR) is 132 cm³/mol. The second-order valence-electron chi connectivity index (χ2n) is 7.43. The molecule has 7 heteroatoms. The van der Waals surface area contributed by atoms with E-state index in [2.05, 4.69) is 68.8 Å². The lowest BCUT2D eigenvalue weighted by atomic mass is 10.1. The van der Waals surface area contributed by atoms with Crippen molar-refractivity contribution >= 4 is 34.7 Å². The Kier molecular flexibility index (Phi) is 7.74. The number of hydrogen-bond donors (Lipinski definition) is 1. The Morgan fingerprint density at radius 2 is 1.81 bits per heavy atom. The number of benzene rings is 2. The highest BCUT2D eigenvalue weighted by molar-refractivity contribution is 7.99. The van der Waals surface area contributed by atoms with E-state index in [0.717, 1.165) is 42.5 Å². The fourth-order valence-electron chi connectivity index (χ4n) is 3.39. The van der Waals surface area contributed by atoms with Crippen LogP contribution in [0.15, 0.2) is 77.3 Å². The molecule has 0 saturated heterocycles. The minimum absolute atomic E-state index is 0.0448. The number of amides is 1. The molecule has 0 saturated carbocycles. The first-order chi connectivity index (χ1) is 15.7. The van der Waals surface area contributed by atoms with Gasteiger partial charge in [0, 0.05) is 23.5 Å². The van der Waals surface area contributed by atoms with E-state index in [-0.39, 0.29) is 11.7 Å². The molecule has 4 aromatic rings. The van der Waals surface area contributed by atoms with Gasteiger partial charge in [0.2, 0.25) is 5.91 Å². The van der Waals surface area contributed by atoms with Gasteiger partial charge >= 0.3 is 0 Å². The maximum absolute atomic E-state index is 12.5. The van der Waals surface area contributed by atoms with Gasteiger partial charge in [0.05, 0.1) is 5.75 Å². The maximum Gasteiger partial charge on any atom is 0.234 e. The van der Waals surface area contributed by atoms with Crippen molar-refractivity contribution < 1.29 is 4.79 Å². The molecule has 0 aliphatic heterocycles. The highest BCUT2D eigenvalue weighted by Gasteiger charge is 2.15. The van der Waals surface area contributed by atoms with Gasteiger partial charge in [-0.25, -0.2) is 0 Å². The standard InChI is InChI=1S/C25H26N4OS2/c1-2-19-10-12-21(13-11-19)26-24(30)18-32-25-28-27-23(17-22-9-6-16-31-22)29(25)15-14-20-7-4-3-5-8-20/h3-13,16H,2,14-15,17-18H2,1H3,(H,26,30). The number of hydrogen-bond acceptors (Lipinski definition) is 5. The number of aryl methyl sites for hydroxylation is 2. The van der Waals surface area contributed by atoms with Crippen LogP contribution in [0.3, 0.4) is 0 Å². The van der Waals surface area contributed by atoms with E-state index in [1.165, 1.54) is 27.8 Å². The lowest BCUT2D eigenvalue weighted by Crippen LogP contribution is -2.15. The summed E-state index contributed by atoms with van der Waals surface area (Å²) in [7, 11) is 0. The largest absolute Gasteiger partial charge is 0.325 e. The molecule has 2 heterocycles. The van der Waals surface area contributed by atoms with E-state index < -0.39 is 0 Å². The van der Waals surface area contributed by atoms with Gasteiger partial charge in [-0.3, -0.25) is 4.79 Å². The molecule has 0 spiro atoms. The summed E-state index contributed by atoms with van der Waals surface area (Å²) in [5.74, 6) is 1.18. The second kappa shape index (κ2) is 11.1. The Bertz CT molecular complexity index is 1120. The van der Waals surface area contributed by atoms with Crippen molar-refractivity contribution in [2.75, 3.05) is 11.1 Å². The van der Waals surface area contributed by atoms with Gasteiger partial charge in [0.15, 0.2) is 5.16 Å². The molecule has 0 radical (unpaired) electrons. The summed E-state index contributed by atoms with van der Waals surface area (Å²) in [5, 5.41) is 14.7. The van der Waals surface area contributed by atoms with Crippen LogP contribution in [0, 0.1) is 0 Å². The molecule has 2 aromatic carbocycles. The van der Waals surface area contributed by atoms with E-state index in [0.29, 0.717) is 0 Å². The number of nitrogens with zero attached hydrogens (tertiary/aromatic N) is 3. The number of aromatic nitrogens is 3. The predicted octanol–water partition coefficient (Wildman–Crippen LogP) is 5.47. The van der Waals surface area contributed by atoms with Crippen LogP contribution in [-0.4, -0.2) is 26.4 Å². The van der Waals surface area contributed by atoms with Gasteiger partial charge in [-0.1, -0.05) is 67.2 Å². The second-order valence-corrected chi connectivity index (χ2v) is 9.40. The van der Waals surface area contributed by atoms with Gasteiger partial charge in [0.25, 0.3) is 0 Å². The molecule has 164 valence electrons. The Morgan fingerprint density at radius 3 is 2.53 bits per heavy atom. The Balaban J connectivity index is 1.42. The van der Waals surface area contributed by atoms with Gasteiger partial charge < -0.3 is 9.88 Å². The zero-order valence-electron chi connectivity index (χ0n) is 18.0. The minimum atomic E-state index is -0.0448. The zero-order chi connectivity index (χ0) is 22.2. The SMILES string of the molecule is CCc1ccc(NC(=O)CSc2nnc(Cc3cccs3)n2CCc2ccccc2)cc1. The van der Waals surface area contributed by atoms with Crippen molar-refractivity contribution in [3.05, 3.63) is 93.9 Å². The summed E-state index contributed by atoms with van der Waals surface area (Å²) < 4.78 is 2.15. The number of thiophene rings is 1. The molecule has 32 heavy (non-hydrogen) atoms. The Labute approximate surface area is 196 Å². The van der Waals surface area contributed by atoms with E-state index >= 15 is 0 Å². The van der Waals surface area contributed by atoms with E-state index in [9.17, 15) is 4.79 Å². The first-order valence-corrected chi connectivity index (χ1v) is 12.6. The van der Waals surface area contributed by atoms with Gasteiger partial charge in [-0.2, -0.15) is 0 Å². The topological polar surface area (TPSA) is 59.8 Å². The highest BCUT2D eigenvalue weighted by atomic mass is 32.2. The normalized spacial score (nSPS) is 10.9. The van der Waals surface area contributed by atoms with E-state index in [1.54, 1.807) is 11.3 Å². The van der Waals surface area contributed by atoms with Crippen LogP contribution in [0.2, 0.25) is 0 Å². The highest BCUT2D eigenvalue weighted by Crippen LogP contribution is 2.22. The number of carbonyl (C=O) groups excluding carboxylic acids is 1. The molecule has 5 nitrogen and oxygen atoms in total. The lowest BCUT2D eigenvalue weighted by Gasteiger charge is -2.10. The van der Waals surface area contributed by atoms with Crippen molar-refractivity contribution in [3.8, 4) is 0 Å². The van der Waals surface area contributed by atoms with E-state index in [4.69, 9.17) is 0 Å². The number of thioether (sulfide) groups is 1. The fraction of sp³-hybridized carbons (Fsp3) is 0.240. The van der Waals surface area contributed by atoms with Crippen LogP contribution in [0.25, 0.3) is 0 Å². The molecular formula is C25H26N4OS2. The Morgan fingerprint density at radius 1 is 1.00 bits per heavy atom. The number of rotatable bonds is 10. The molecule has 0 aliphatic carbocycles. The van der Waals surface area contributed by atoms with Gasteiger partial charge in [-0.05, 0) is 47.5 Å². The monoisotopic (exact) mass is 462 g/mol. The summed E-state index contributed by atoms with van der Waals surface area (Å²) in [6.07, 6.45) is 2.62. The van der Waals surface area contributed by atoms with Crippen molar-refractivity contribution in [2.45, 2.75) is 37.9 Å². The first-order valence-electron chi connectivity index (χ1n) is 10.7. The maximum atomic E-state index is 12.5. The van der Waals surface area contributed by atoms with Gasteiger partial charge in [0.1, 0.15) is 5.82 Å². The van der Waals surface area contributed by atoms with Crippen LogP contribution in [-0.2, 0) is 30.6 Å². The molecule has 1 amide bonds. The molecule has 0 bridgehead atoms. The summed E-state index contributed by atoms with van der Waals surface area (Å²) in [6.45, 7) is 2.89. The van der Waals surface area contributed by atoms with Gasteiger partial charge in [-0.15, -0.1) is 21.5 Å². The smallest absolute Gasteiger partial charge is 0.234 e. The summed E-state index contributed by atoms with van der Waals surface area (Å²) in [4.78, 5) is 13.8. The van der Waals surface area contributed by atoms with Crippen LogP contribution < -0.4 is 5.32 Å². The third-order valence-electron chi connectivity index (χ3n) is 5.15. The number of carbonyl (C=O) groups is 1.